The molecule has 0 aliphatic carbocycles. The Balaban J connectivity index is 2.14. The van der Waals surface area contributed by atoms with Gasteiger partial charge in [-0.15, -0.1) is 11.6 Å². The van der Waals surface area contributed by atoms with Gasteiger partial charge in [-0.25, -0.2) is 9.37 Å². The Morgan fingerprint density at radius 1 is 1.32 bits per heavy atom. The highest BCUT2D eigenvalue weighted by atomic mass is 35.5. The fourth-order valence-electron chi connectivity index (χ4n) is 2.06. The molecule has 102 valence electrons. The van der Waals surface area contributed by atoms with Crippen LogP contribution in [0, 0.1) is 5.82 Å². The van der Waals surface area contributed by atoms with Gasteiger partial charge in [-0.3, -0.25) is 4.68 Å². The maximum atomic E-state index is 12.9. The van der Waals surface area contributed by atoms with Gasteiger partial charge < -0.3 is 0 Å². The summed E-state index contributed by atoms with van der Waals surface area (Å²) in [6.45, 7) is 2.96. The number of alkyl halides is 1. The number of hydrogen-bond acceptors (Lipinski definition) is 2. The van der Waals surface area contributed by atoms with Crippen molar-refractivity contribution in [1.29, 1.82) is 0 Å². The van der Waals surface area contributed by atoms with Crippen molar-refractivity contribution < 1.29 is 4.39 Å². The van der Waals surface area contributed by atoms with Crippen LogP contribution in [0.4, 0.5) is 4.39 Å². The van der Waals surface area contributed by atoms with Crippen molar-refractivity contribution in [2.24, 2.45) is 0 Å². The Morgan fingerprint density at radius 2 is 2.05 bits per heavy atom. The molecule has 1 atom stereocenters. The van der Waals surface area contributed by atoms with Crippen LogP contribution in [-0.2, 0) is 13.0 Å². The number of aryl methyl sites for hydroxylation is 1. The molecular formula is C14H17ClFN3. The number of halogens is 2. The highest BCUT2D eigenvalue weighted by molar-refractivity contribution is 6.18. The van der Waals surface area contributed by atoms with Crippen LogP contribution >= 0.6 is 11.6 Å². The summed E-state index contributed by atoms with van der Waals surface area (Å²) < 4.78 is 14.8. The van der Waals surface area contributed by atoms with E-state index in [4.69, 9.17) is 11.6 Å². The minimum absolute atomic E-state index is 0.127. The quantitative estimate of drug-likeness (QED) is 0.760. The third-order valence-corrected chi connectivity index (χ3v) is 3.46. The summed E-state index contributed by atoms with van der Waals surface area (Å²) in [5.41, 5.74) is 1.03. The van der Waals surface area contributed by atoms with Gasteiger partial charge in [-0.2, -0.15) is 5.10 Å². The molecule has 0 N–H and O–H groups in total. The van der Waals surface area contributed by atoms with Gasteiger partial charge in [0, 0.05) is 24.8 Å². The predicted octanol–water partition coefficient (Wildman–Crippen LogP) is 3.39. The standard InChI is InChI=1S/C14H17ClFN3/c1-2-7-19-14(17-10-18-19)8-12(9-15)11-3-5-13(16)6-4-11/h3-6,10,12H,2,7-9H2,1H3. The summed E-state index contributed by atoms with van der Waals surface area (Å²) in [4.78, 5) is 4.28. The molecule has 0 fully saturated rings. The fourth-order valence-corrected chi connectivity index (χ4v) is 2.35. The van der Waals surface area contributed by atoms with E-state index < -0.39 is 0 Å². The van der Waals surface area contributed by atoms with Crippen molar-refractivity contribution in [1.82, 2.24) is 14.8 Å². The first-order valence-corrected chi connectivity index (χ1v) is 6.96. The molecule has 5 heteroatoms. The molecule has 1 aromatic heterocycles. The van der Waals surface area contributed by atoms with E-state index in [1.165, 1.54) is 12.1 Å². The average molecular weight is 282 g/mol. The smallest absolute Gasteiger partial charge is 0.138 e. The number of rotatable bonds is 6. The topological polar surface area (TPSA) is 30.7 Å². The lowest BCUT2D eigenvalue weighted by Gasteiger charge is -2.14. The third-order valence-electron chi connectivity index (χ3n) is 3.09. The molecule has 2 rings (SSSR count). The predicted molar refractivity (Wildman–Crippen MR) is 73.9 cm³/mol. The molecule has 19 heavy (non-hydrogen) atoms. The first-order valence-electron chi connectivity index (χ1n) is 6.42. The summed E-state index contributed by atoms with van der Waals surface area (Å²) in [7, 11) is 0. The summed E-state index contributed by atoms with van der Waals surface area (Å²) in [6, 6.07) is 6.49. The molecule has 3 nitrogen and oxygen atoms in total. The third kappa shape index (κ3) is 3.53. The van der Waals surface area contributed by atoms with Crippen LogP contribution in [0.2, 0.25) is 0 Å². The fraction of sp³-hybridized carbons (Fsp3) is 0.429. The van der Waals surface area contributed by atoms with Gasteiger partial charge >= 0.3 is 0 Å². The number of nitrogens with zero attached hydrogens (tertiary/aromatic N) is 3. The SMILES string of the molecule is CCCn1ncnc1CC(CCl)c1ccc(F)cc1. The Bertz CT molecular complexity index is 510. The van der Waals surface area contributed by atoms with Crippen molar-refractivity contribution in [3.63, 3.8) is 0 Å². The lowest BCUT2D eigenvalue weighted by Crippen LogP contribution is -2.12. The van der Waals surface area contributed by atoms with E-state index in [2.05, 4.69) is 17.0 Å². The number of aromatic nitrogens is 3. The molecule has 0 aliphatic heterocycles. The van der Waals surface area contributed by atoms with Crippen LogP contribution in [0.1, 0.15) is 30.7 Å². The van der Waals surface area contributed by atoms with E-state index in [1.54, 1.807) is 18.5 Å². The molecule has 0 bridgehead atoms. The monoisotopic (exact) mass is 281 g/mol. The zero-order valence-corrected chi connectivity index (χ0v) is 11.6. The zero-order valence-electron chi connectivity index (χ0n) is 10.9. The molecule has 0 saturated carbocycles. The van der Waals surface area contributed by atoms with Gasteiger partial charge in [-0.1, -0.05) is 19.1 Å². The Morgan fingerprint density at radius 3 is 2.68 bits per heavy atom. The number of benzene rings is 1. The summed E-state index contributed by atoms with van der Waals surface area (Å²) in [5, 5.41) is 4.20. The van der Waals surface area contributed by atoms with Crippen LogP contribution < -0.4 is 0 Å². The van der Waals surface area contributed by atoms with Crippen molar-refractivity contribution in [2.45, 2.75) is 32.2 Å². The second kappa shape index (κ2) is 6.66. The van der Waals surface area contributed by atoms with E-state index in [1.807, 2.05) is 4.68 Å². The van der Waals surface area contributed by atoms with E-state index in [-0.39, 0.29) is 11.7 Å². The molecule has 0 saturated heterocycles. The van der Waals surface area contributed by atoms with E-state index in [0.29, 0.717) is 5.88 Å². The van der Waals surface area contributed by atoms with Crippen LogP contribution in [0.3, 0.4) is 0 Å². The van der Waals surface area contributed by atoms with Crippen molar-refractivity contribution in [3.8, 4) is 0 Å². The van der Waals surface area contributed by atoms with Gasteiger partial charge in [0.2, 0.25) is 0 Å². The van der Waals surface area contributed by atoms with E-state index in [9.17, 15) is 4.39 Å². The van der Waals surface area contributed by atoms with E-state index in [0.717, 1.165) is 30.8 Å². The molecule has 0 radical (unpaired) electrons. The second-order valence-corrected chi connectivity index (χ2v) is 4.81. The first-order chi connectivity index (χ1) is 9.24. The first kappa shape index (κ1) is 14.0. The van der Waals surface area contributed by atoms with Crippen LogP contribution in [0.5, 0.6) is 0 Å². The highest BCUT2D eigenvalue weighted by Crippen LogP contribution is 2.22. The van der Waals surface area contributed by atoms with Gasteiger partial charge in [-0.05, 0) is 24.1 Å². The molecule has 0 amide bonds. The average Bonchev–Trinajstić information content (AvgIpc) is 2.85. The van der Waals surface area contributed by atoms with Crippen molar-refractivity contribution in [3.05, 3.63) is 47.8 Å². The number of hydrogen-bond donors (Lipinski definition) is 0. The molecular weight excluding hydrogens is 265 g/mol. The summed E-state index contributed by atoms with van der Waals surface area (Å²) in [5.74, 6) is 1.30. The maximum Gasteiger partial charge on any atom is 0.138 e. The molecule has 1 aromatic carbocycles. The Hall–Kier alpha value is -1.42. The lowest BCUT2D eigenvalue weighted by molar-refractivity contribution is 0.553. The molecule has 0 spiro atoms. The maximum absolute atomic E-state index is 12.9. The molecule has 2 aromatic rings. The molecule has 1 unspecified atom stereocenters. The lowest BCUT2D eigenvalue weighted by atomic mass is 9.97. The van der Waals surface area contributed by atoms with Crippen LogP contribution in [0.25, 0.3) is 0 Å². The second-order valence-electron chi connectivity index (χ2n) is 4.51. The largest absolute Gasteiger partial charge is 0.250 e. The Labute approximate surface area is 117 Å². The normalized spacial score (nSPS) is 12.6. The summed E-state index contributed by atoms with van der Waals surface area (Å²) >= 11 is 6.04. The van der Waals surface area contributed by atoms with Gasteiger partial charge in [0.25, 0.3) is 0 Å². The van der Waals surface area contributed by atoms with Crippen molar-refractivity contribution in [2.75, 3.05) is 5.88 Å². The van der Waals surface area contributed by atoms with E-state index >= 15 is 0 Å². The van der Waals surface area contributed by atoms with Gasteiger partial charge in [0.05, 0.1) is 0 Å². The van der Waals surface area contributed by atoms with Crippen molar-refractivity contribution >= 4 is 11.6 Å². The van der Waals surface area contributed by atoms with Gasteiger partial charge in [0.1, 0.15) is 18.0 Å². The zero-order chi connectivity index (χ0) is 13.7. The minimum Gasteiger partial charge on any atom is -0.250 e. The summed E-state index contributed by atoms with van der Waals surface area (Å²) in [6.07, 6.45) is 3.30. The molecule has 1 heterocycles. The van der Waals surface area contributed by atoms with Crippen LogP contribution in [-0.4, -0.2) is 20.6 Å². The van der Waals surface area contributed by atoms with Crippen LogP contribution in [0.15, 0.2) is 30.6 Å². The highest BCUT2D eigenvalue weighted by Gasteiger charge is 2.15. The molecule has 0 aliphatic rings. The Kier molecular flexibility index (Phi) is 4.91. The minimum atomic E-state index is -0.230. The van der Waals surface area contributed by atoms with Gasteiger partial charge in [0.15, 0.2) is 0 Å².